The third kappa shape index (κ3) is 3.88. The molecule has 3 nitrogen and oxygen atoms in total. The second-order valence-electron chi connectivity index (χ2n) is 5.29. The van der Waals surface area contributed by atoms with E-state index in [0.29, 0.717) is 0 Å². The number of halogens is 11. The molecular weight excluding hydrogens is 397 g/mol. The normalized spacial score (nSPS) is 14.8. The molecule has 26 heavy (non-hydrogen) atoms. The van der Waals surface area contributed by atoms with Crippen LogP contribution in [0.15, 0.2) is 18.7 Å². The lowest BCUT2D eigenvalue weighted by Gasteiger charge is -2.37. The van der Waals surface area contributed by atoms with Crippen LogP contribution < -0.4 is 4.57 Å². The molecule has 0 N–H and O–H groups in total. The maximum Gasteiger partial charge on any atom is 0.460 e. The van der Waals surface area contributed by atoms with Crippen LogP contribution in [0.1, 0.15) is 0 Å². The summed E-state index contributed by atoms with van der Waals surface area (Å²) in [5.74, 6) is -27.8. The highest BCUT2D eigenvalue weighted by Gasteiger charge is 2.87. The van der Waals surface area contributed by atoms with Gasteiger partial charge in [0, 0.05) is 0 Å². The van der Waals surface area contributed by atoms with Crippen molar-refractivity contribution in [3.8, 4) is 0 Å². The molecule has 0 saturated carbocycles. The number of aromatic nitrogens is 2. The molecule has 0 aromatic carbocycles. The maximum absolute atomic E-state index is 13.3. The van der Waals surface area contributed by atoms with E-state index in [4.69, 9.17) is 0 Å². The van der Waals surface area contributed by atoms with Crippen molar-refractivity contribution in [1.82, 2.24) is 4.57 Å². The molecule has 0 fully saturated rings. The summed E-state index contributed by atoms with van der Waals surface area (Å²) in [6.07, 6.45) is -2.84. The van der Waals surface area contributed by atoms with Crippen molar-refractivity contribution in [3.63, 3.8) is 0 Å². The summed E-state index contributed by atoms with van der Waals surface area (Å²) in [5.41, 5.74) is 0. The smallest absolute Gasteiger partial charge is 0.371 e. The predicted molar refractivity (Wildman–Crippen MR) is 62.3 cm³/mol. The predicted octanol–water partition coefficient (Wildman–Crippen LogP) is 3.43. The molecule has 0 amide bonds. The summed E-state index contributed by atoms with van der Waals surface area (Å²) in [7, 11) is 1.58. The van der Waals surface area contributed by atoms with Crippen LogP contribution in [0.2, 0.25) is 0 Å². The molecule has 0 spiro atoms. The fourth-order valence-corrected chi connectivity index (χ4v) is 1.70. The number of imidazole rings is 1. The van der Waals surface area contributed by atoms with Gasteiger partial charge < -0.3 is 4.74 Å². The van der Waals surface area contributed by atoms with Crippen molar-refractivity contribution < 1.29 is 57.6 Å². The summed E-state index contributed by atoms with van der Waals surface area (Å²) in [6, 6.07) is 0. The Bertz CT molecular complexity index is 609. The molecule has 0 aliphatic heterocycles. The van der Waals surface area contributed by atoms with E-state index >= 15 is 0 Å². The van der Waals surface area contributed by atoms with Gasteiger partial charge in [0.2, 0.25) is 6.33 Å². The SMILES string of the molecule is Cn1cc[n+](CCOCC(F)(F)C(F)(F)C(F)(F)C(F)(F)C(F)(F)F)c1. The first-order valence-corrected chi connectivity index (χ1v) is 6.64. The van der Waals surface area contributed by atoms with E-state index in [9.17, 15) is 48.3 Å². The first kappa shape index (κ1) is 22.4. The highest BCUT2D eigenvalue weighted by Crippen LogP contribution is 2.57. The van der Waals surface area contributed by atoms with Crippen molar-refractivity contribution in [2.75, 3.05) is 13.2 Å². The highest BCUT2D eigenvalue weighted by molar-refractivity contribution is 5.06. The van der Waals surface area contributed by atoms with Gasteiger partial charge >= 0.3 is 29.9 Å². The van der Waals surface area contributed by atoms with Gasteiger partial charge in [-0.15, -0.1) is 0 Å². The standard InChI is InChI=1S/C12H12F11N2O/c1-24-2-3-25(7-24)4-5-26-6-8(13,14)9(15,16)10(17,18)11(19,20)12(21,22)23/h2-3,7H,4-6H2,1H3/q+1. The minimum atomic E-state index is -7.40. The Morgan fingerprint density at radius 3 is 1.81 bits per heavy atom. The van der Waals surface area contributed by atoms with Gasteiger partial charge in [-0.05, 0) is 0 Å². The van der Waals surface area contributed by atoms with Gasteiger partial charge in [0.1, 0.15) is 25.5 Å². The van der Waals surface area contributed by atoms with Crippen LogP contribution in [0.5, 0.6) is 0 Å². The molecule has 1 heterocycles. The van der Waals surface area contributed by atoms with Gasteiger partial charge in [-0.25, -0.2) is 9.13 Å². The molecule has 0 bridgehead atoms. The zero-order valence-corrected chi connectivity index (χ0v) is 12.8. The van der Waals surface area contributed by atoms with Crippen molar-refractivity contribution >= 4 is 0 Å². The number of hydrogen-bond acceptors (Lipinski definition) is 1. The molecule has 1 aromatic heterocycles. The zero-order valence-electron chi connectivity index (χ0n) is 12.8. The van der Waals surface area contributed by atoms with Crippen LogP contribution in [0.4, 0.5) is 48.3 Å². The second kappa shape index (κ2) is 6.85. The van der Waals surface area contributed by atoms with Crippen molar-refractivity contribution in [2.24, 2.45) is 7.05 Å². The van der Waals surface area contributed by atoms with Gasteiger partial charge in [-0.1, -0.05) is 0 Å². The van der Waals surface area contributed by atoms with Gasteiger partial charge in [-0.3, -0.25) is 0 Å². The summed E-state index contributed by atoms with van der Waals surface area (Å²) in [4.78, 5) is 0. The van der Waals surface area contributed by atoms with Crippen molar-refractivity contribution in [1.29, 1.82) is 0 Å². The average molecular weight is 409 g/mol. The van der Waals surface area contributed by atoms with Gasteiger partial charge in [0.15, 0.2) is 0 Å². The molecule has 1 aromatic rings. The fraction of sp³-hybridized carbons (Fsp3) is 0.750. The Morgan fingerprint density at radius 2 is 1.38 bits per heavy atom. The Kier molecular flexibility index (Phi) is 5.91. The third-order valence-electron chi connectivity index (χ3n) is 3.20. The Hall–Kier alpha value is -1.60. The quantitative estimate of drug-likeness (QED) is 0.366. The monoisotopic (exact) mass is 409 g/mol. The van der Waals surface area contributed by atoms with Gasteiger partial charge in [0.05, 0.1) is 13.7 Å². The first-order chi connectivity index (χ1) is 11.5. The second-order valence-corrected chi connectivity index (χ2v) is 5.29. The van der Waals surface area contributed by atoms with E-state index in [-0.39, 0.29) is 6.54 Å². The van der Waals surface area contributed by atoms with Crippen molar-refractivity contribution in [2.45, 2.75) is 36.4 Å². The molecule has 0 saturated heterocycles. The van der Waals surface area contributed by atoms with Gasteiger partial charge in [-0.2, -0.15) is 48.3 Å². The van der Waals surface area contributed by atoms with E-state index in [1.165, 1.54) is 27.9 Å². The molecule has 0 unspecified atom stereocenters. The van der Waals surface area contributed by atoms with E-state index in [0.717, 1.165) is 0 Å². The number of rotatable bonds is 8. The number of nitrogens with zero attached hydrogens (tertiary/aromatic N) is 2. The van der Waals surface area contributed by atoms with E-state index < -0.39 is 43.1 Å². The lowest BCUT2D eigenvalue weighted by Crippen LogP contribution is -2.67. The summed E-state index contributed by atoms with van der Waals surface area (Å²) in [5, 5.41) is 0. The molecule has 0 radical (unpaired) electrons. The number of hydrogen-bond donors (Lipinski definition) is 0. The summed E-state index contributed by atoms with van der Waals surface area (Å²) < 4.78 is 147. The maximum atomic E-state index is 13.3. The molecule has 14 heteroatoms. The lowest BCUT2D eigenvalue weighted by atomic mass is 9.98. The Morgan fingerprint density at radius 1 is 0.846 bits per heavy atom. The number of alkyl halides is 11. The zero-order chi connectivity index (χ0) is 20.6. The van der Waals surface area contributed by atoms with Crippen LogP contribution >= 0.6 is 0 Å². The first-order valence-electron chi connectivity index (χ1n) is 6.64. The topological polar surface area (TPSA) is 18.0 Å². The van der Waals surface area contributed by atoms with E-state index in [1.807, 2.05) is 0 Å². The molecule has 152 valence electrons. The minimum Gasteiger partial charge on any atom is -0.371 e. The van der Waals surface area contributed by atoms with E-state index in [1.54, 1.807) is 7.05 Å². The summed E-state index contributed by atoms with van der Waals surface area (Å²) in [6.45, 7) is -3.41. The molecule has 0 aliphatic carbocycles. The van der Waals surface area contributed by atoms with Crippen LogP contribution in [0, 0.1) is 0 Å². The van der Waals surface area contributed by atoms with Crippen LogP contribution in [0.25, 0.3) is 0 Å². The van der Waals surface area contributed by atoms with Gasteiger partial charge in [0.25, 0.3) is 0 Å². The lowest BCUT2D eigenvalue weighted by molar-refractivity contribution is -0.698. The number of ether oxygens (including phenoxy) is 1. The van der Waals surface area contributed by atoms with Crippen LogP contribution in [-0.4, -0.2) is 47.6 Å². The summed E-state index contributed by atoms with van der Waals surface area (Å²) >= 11 is 0. The molecular formula is C12H12F11N2O+. The largest absolute Gasteiger partial charge is 0.460 e. The molecule has 0 aliphatic rings. The number of aryl methyl sites for hydroxylation is 1. The average Bonchev–Trinajstić information content (AvgIpc) is 2.87. The third-order valence-corrected chi connectivity index (χ3v) is 3.20. The Labute approximate surface area is 138 Å². The van der Waals surface area contributed by atoms with Crippen LogP contribution in [0.3, 0.4) is 0 Å². The van der Waals surface area contributed by atoms with Crippen molar-refractivity contribution in [3.05, 3.63) is 18.7 Å². The van der Waals surface area contributed by atoms with Crippen LogP contribution in [-0.2, 0) is 18.3 Å². The van der Waals surface area contributed by atoms with E-state index in [2.05, 4.69) is 4.74 Å². The fourth-order valence-electron chi connectivity index (χ4n) is 1.70. The highest BCUT2D eigenvalue weighted by atomic mass is 19.4. The minimum absolute atomic E-state index is 0.197. The Balaban J connectivity index is 2.84. The molecule has 1 rings (SSSR count). The molecule has 0 atom stereocenters.